The minimum Gasteiger partial charge on any atom is -0.376 e. The number of halogens is 1. The lowest BCUT2D eigenvalue weighted by molar-refractivity contribution is -0.00549. The van der Waals surface area contributed by atoms with E-state index >= 15 is 0 Å². The van der Waals surface area contributed by atoms with Crippen LogP contribution in [0.4, 0.5) is 4.39 Å². The van der Waals surface area contributed by atoms with Crippen molar-refractivity contribution in [1.82, 2.24) is 10.1 Å². The first-order chi connectivity index (χ1) is 9.74. The van der Waals surface area contributed by atoms with E-state index in [0.717, 1.165) is 12.8 Å². The van der Waals surface area contributed by atoms with Crippen LogP contribution in [-0.4, -0.2) is 22.9 Å². The average molecular weight is 277 g/mol. The van der Waals surface area contributed by atoms with Crippen LogP contribution >= 0.6 is 0 Å². The summed E-state index contributed by atoms with van der Waals surface area (Å²) in [7, 11) is 0. The number of hydrogen-bond donors (Lipinski definition) is 1. The van der Waals surface area contributed by atoms with Gasteiger partial charge in [0.2, 0.25) is 0 Å². The van der Waals surface area contributed by atoms with Crippen molar-refractivity contribution in [3.63, 3.8) is 0 Å². The fraction of sp³-hybridized carbons (Fsp3) is 0.429. The van der Waals surface area contributed by atoms with Gasteiger partial charge < -0.3 is 15.0 Å². The van der Waals surface area contributed by atoms with Gasteiger partial charge in [-0.2, -0.15) is 4.98 Å². The molecule has 1 fully saturated rings. The molecule has 5 nitrogen and oxygen atoms in total. The molecule has 20 heavy (non-hydrogen) atoms. The van der Waals surface area contributed by atoms with Gasteiger partial charge in [0.15, 0.2) is 5.82 Å². The number of nitrogens with zero attached hydrogens (tertiary/aromatic N) is 2. The molecule has 1 atom stereocenters. The van der Waals surface area contributed by atoms with E-state index in [-0.39, 0.29) is 11.5 Å². The van der Waals surface area contributed by atoms with Crippen LogP contribution in [0.15, 0.2) is 28.8 Å². The zero-order chi connectivity index (χ0) is 13.9. The summed E-state index contributed by atoms with van der Waals surface area (Å²) in [6.07, 6.45) is 3.68. The summed E-state index contributed by atoms with van der Waals surface area (Å²) >= 11 is 0. The van der Waals surface area contributed by atoms with Crippen LogP contribution in [0.3, 0.4) is 0 Å². The van der Waals surface area contributed by atoms with Crippen LogP contribution in [0.5, 0.6) is 0 Å². The first kappa shape index (κ1) is 13.2. The van der Waals surface area contributed by atoms with Crippen molar-refractivity contribution >= 4 is 0 Å². The van der Waals surface area contributed by atoms with Gasteiger partial charge in [0.25, 0.3) is 5.89 Å². The van der Waals surface area contributed by atoms with Gasteiger partial charge in [-0.3, -0.25) is 0 Å². The summed E-state index contributed by atoms with van der Waals surface area (Å²) in [5.41, 5.74) is 6.22. The predicted molar refractivity (Wildman–Crippen MR) is 70.2 cm³/mol. The Morgan fingerprint density at radius 2 is 2.20 bits per heavy atom. The number of rotatable bonds is 5. The van der Waals surface area contributed by atoms with Crippen molar-refractivity contribution in [3.05, 3.63) is 35.9 Å². The zero-order valence-electron chi connectivity index (χ0n) is 11.0. The second-order valence-corrected chi connectivity index (χ2v) is 4.93. The van der Waals surface area contributed by atoms with Gasteiger partial charge in [0, 0.05) is 0 Å². The molecule has 0 spiro atoms. The molecule has 0 aliphatic heterocycles. The van der Waals surface area contributed by atoms with E-state index in [9.17, 15) is 4.39 Å². The highest BCUT2D eigenvalue weighted by atomic mass is 19.1. The molecule has 1 unspecified atom stereocenters. The van der Waals surface area contributed by atoms with Crippen molar-refractivity contribution in [1.29, 1.82) is 0 Å². The fourth-order valence-electron chi connectivity index (χ4n) is 1.98. The highest BCUT2D eigenvalue weighted by molar-refractivity contribution is 5.53. The Labute approximate surface area is 115 Å². The summed E-state index contributed by atoms with van der Waals surface area (Å²) in [5, 5.41) is 3.80. The van der Waals surface area contributed by atoms with E-state index < -0.39 is 11.9 Å². The summed E-state index contributed by atoms with van der Waals surface area (Å²) in [4.78, 5) is 4.14. The van der Waals surface area contributed by atoms with E-state index in [1.54, 1.807) is 18.2 Å². The number of hydrogen-bond acceptors (Lipinski definition) is 5. The SMILES string of the molecule is NC(COC1CCC1)c1noc(-c2ccccc2F)n1. The van der Waals surface area contributed by atoms with Crippen LogP contribution in [0.1, 0.15) is 31.1 Å². The third-order valence-electron chi connectivity index (χ3n) is 3.44. The van der Waals surface area contributed by atoms with E-state index in [2.05, 4.69) is 10.1 Å². The van der Waals surface area contributed by atoms with Gasteiger partial charge in [-0.15, -0.1) is 0 Å². The summed E-state index contributed by atoms with van der Waals surface area (Å²) in [5.74, 6) is 0.0711. The van der Waals surface area contributed by atoms with Crippen LogP contribution in [0.2, 0.25) is 0 Å². The van der Waals surface area contributed by atoms with Gasteiger partial charge in [0.1, 0.15) is 5.82 Å². The Morgan fingerprint density at radius 3 is 2.90 bits per heavy atom. The molecule has 3 rings (SSSR count). The standard InChI is InChI=1S/C14H16FN3O2/c15-11-7-2-1-6-10(11)14-17-13(18-20-14)12(16)8-19-9-4-3-5-9/h1-2,6-7,9,12H,3-5,8,16H2. The average Bonchev–Trinajstić information content (AvgIpc) is 2.87. The fourth-order valence-corrected chi connectivity index (χ4v) is 1.98. The third-order valence-corrected chi connectivity index (χ3v) is 3.44. The lowest BCUT2D eigenvalue weighted by Crippen LogP contribution is -2.27. The summed E-state index contributed by atoms with van der Waals surface area (Å²) in [6, 6.07) is 5.79. The van der Waals surface area contributed by atoms with Crippen LogP contribution in [0, 0.1) is 5.82 Å². The molecule has 1 heterocycles. The van der Waals surface area contributed by atoms with Gasteiger partial charge in [-0.25, -0.2) is 4.39 Å². The van der Waals surface area contributed by atoms with Gasteiger partial charge in [-0.05, 0) is 31.4 Å². The lowest BCUT2D eigenvalue weighted by Gasteiger charge is -2.26. The van der Waals surface area contributed by atoms with E-state index in [0.29, 0.717) is 18.5 Å². The molecule has 1 aliphatic carbocycles. The van der Waals surface area contributed by atoms with Crippen LogP contribution in [-0.2, 0) is 4.74 Å². The normalized spacial score (nSPS) is 16.9. The van der Waals surface area contributed by atoms with E-state index in [1.165, 1.54) is 12.5 Å². The second-order valence-electron chi connectivity index (χ2n) is 4.93. The zero-order valence-corrected chi connectivity index (χ0v) is 11.0. The molecule has 0 bridgehead atoms. The van der Waals surface area contributed by atoms with Gasteiger partial charge >= 0.3 is 0 Å². The third kappa shape index (κ3) is 2.71. The molecule has 0 radical (unpaired) electrons. The Morgan fingerprint density at radius 1 is 1.40 bits per heavy atom. The van der Waals surface area contributed by atoms with Crippen molar-refractivity contribution in [2.75, 3.05) is 6.61 Å². The number of nitrogens with two attached hydrogens (primary N) is 1. The van der Waals surface area contributed by atoms with Crippen molar-refractivity contribution < 1.29 is 13.7 Å². The lowest BCUT2D eigenvalue weighted by atomic mass is 9.96. The topological polar surface area (TPSA) is 74.2 Å². The summed E-state index contributed by atoms with van der Waals surface area (Å²) < 4.78 is 24.3. The minimum absolute atomic E-state index is 0.136. The Bertz CT molecular complexity index is 583. The molecule has 106 valence electrons. The largest absolute Gasteiger partial charge is 0.376 e. The number of ether oxygens (including phenoxy) is 1. The molecule has 1 aromatic heterocycles. The quantitative estimate of drug-likeness (QED) is 0.908. The molecular formula is C14H16FN3O2. The highest BCUT2D eigenvalue weighted by Gasteiger charge is 2.22. The van der Waals surface area contributed by atoms with E-state index in [4.69, 9.17) is 15.0 Å². The molecule has 6 heteroatoms. The highest BCUT2D eigenvalue weighted by Crippen LogP contribution is 2.24. The summed E-state index contributed by atoms with van der Waals surface area (Å²) in [6.45, 7) is 0.348. The Kier molecular flexibility index (Phi) is 3.75. The van der Waals surface area contributed by atoms with Gasteiger partial charge in [0.05, 0.1) is 24.3 Å². The molecule has 1 aromatic carbocycles. The van der Waals surface area contributed by atoms with Gasteiger partial charge in [-0.1, -0.05) is 17.3 Å². The Hall–Kier alpha value is -1.79. The van der Waals surface area contributed by atoms with Crippen LogP contribution in [0.25, 0.3) is 11.5 Å². The molecule has 0 saturated heterocycles. The first-order valence-corrected chi connectivity index (χ1v) is 6.69. The van der Waals surface area contributed by atoms with E-state index in [1.807, 2.05) is 0 Å². The predicted octanol–water partition coefficient (Wildman–Crippen LogP) is 2.44. The molecule has 2 aromatic rings. The maximum Gasteiger partial charge on any atom is 0.260 e. The Balaban J connectivity index is 1.68. The molecule has 2 N–H and O–H groups in total. The first-order valence-electron chi connectivity index (χ1n) is 6.69. The molecule has 1 saturated carbocycles. The maximum atomic E-state index is 13.6. The minimum atomic E-state index is -0.458. The number of aromatic nitrogens is 2. The van der Waals surface area contributed by atoms with Crippen molar-refractivity contribution in [3.8, 4) is 11.5 Å². The maximum absolute atomic E-state index is 13.6. The van der Waals surface area contributed by atoms with Crippen molar-refractivity contribution in [2.24, 2.45) is 5.73 Å². The smallest absolute Gasteiger partial charge is 0.260 e. The number of benzene rings is 1. The van der Waals surface area contributed by atoms with Crippen LogP contribution < -0.4 is 5.73 Å². The molecule has 1 aliphatic rings. The second kappa shape index (κ2) is 5.68. The molecular weight excluding hydrogens is 261 g/mol. The van der Waals surface area contributed by atoms with Crippen molar-refractivity contribution in [2.45, 2.75) is 31.4 Å². The molecule has 0 amide bonds. The monoisotopic (exact) mass is 277 g/mol.